The minimum absolute atomic E-state index is 0.0238. The second-order valence-electron chi connectivity index (χ2n) is 4.38. The molecular formula is C14H9Cl4N3O2. The molecule has 120 valence electrons. The van der Waals surface area contributed by atoms with Crippen molar-refractivity contribution < 1.29 is 9.90 Å². The van der Waals surface area contributed by atoms with Gasteiger partial charge in [0.1, 0.15) is 10.0 Å². The zero-order valence-corrected chi connectivity index (χ0v) is 14.6. The highest BCUT2D eigenvalue weighted by atomic mass is 35.5. The lowest BCUT2D eigenvalue weighted by Crippen LogP contribution is -2.06. The van der Waals surface area contributed by atoms with Crippen LogP contribution in [0.25, 0.3) is 0 Å². The fraction of sp³-hybridized carbons (Fsp3) is 0.0714. The second-order valence-corrected chi connectivity index (χ2v) is 5.93. The number of hydrazone groups is 1. The van der Waals surface area contributed by atoms with Gasteiger partial charge in [0, 0.05) is 5.02 Å². The molecule has 2 aromatic rings. The predicted octanol–water partition coefficient (Wildman–Crippen LogP) is 5.23. The summed E-state index contributed by atoms with van der Waals surface area (Å²) >= 11 is 23.7. The standard InChI is InChI=1S/C14H9Cl4N3O2/c1-6(7-3-2-4-8(15)5-7)20-21-11-9(16)12(14(22)23)19-13(18)10(11)17/h2-5H,1H3,(H,19,21)(H,22,23)/b20-6+. The van der Waals surface area contributed by atoms with Gasteiger partial charge in [-0.1, -0.05) is 58.5 Å². The number of anilines is 1. The van der Waals surface area contributed by atoms with Gasteiger partial charge in [0.25, 0.3) is 0 Å². The number of hydrogen-bond acceptors (Lipinski definition) is 4. The highest BCUT2D eigenvalue weighted by molar-refractivity contribution is 6.46. The molecular weight excluding hydrogens is 384 g/mol. The number of rotatable bonds is 4. The van der Waals surface area contributed by atoms with Crippen LogP contribution in [0.3, 0.4) is 0 Å². The summed E-state index contributed by atoms with van der Waals surface area (Å²) in [6, 6.07) is 7.06. The summed E-state index contributed by atoms with van der Waals surface area (Å²) in [6.07, 6.45) is 0. The Hall–Kier alpha value is -1.53. The molecule has 2 N–H and O–H groups in total. The zero-order chi connectivity index (χ0) is 17.1. The first-order valence-electron chi connectivity index (χ1n) is 6.15. The van der Waals surface area contributed by atoms with E-state index in [-0.39, 0.29) is 20.9 Å². The number of pyridine rings is 1. The van der Waals surface area contributed by atoms with Crippen LogP contribution in [0.4, 0.5) is 5.69 Å². The Bertz CT molecular complexity index is 809. The van der Waals surface area contributed by atoms with E-state index in [0.717, 1.165) is 5.56 Å². The van der Waals surface area contributed by atoms with Gasteiger partial charge >= 0.3 is 5.97 Å². The van der Waals surface area contributed by atoms with E-state index >= 15 is 0 Å². The van der Waals surface area contributed by atoms with Crippen LogP contribution in [-0.4, -0.2) is 21.8 Å². The Balaban J connectivity index is 2.40. The highest BCUT2D eigenvalue weighted by Crippen LogP contribution is 2.36. The topological polar surface area (TPSA) is 74.6 Å². The van der Waals surface area contributed by atoms with Crippen LogP contribution in [0.2, 0.25) is 20.2 Å². The molecule has 1 aromatic carbocycles. The van der Waals surface area contributed by atoms with E-state index in [1.54, 1.807) is 25.1 Å². The molecule has 0 aliphatic rings. The van der Waals surface area contributed by atoms with Crippen molar-refractivity contribution in [2.45, 2.75) is 6.92 Å². The monoisotopic (exact) mass is 391 g/mol. The number of nitrogens with one attached hydrogen (secondary N) is 1. The van der Waals surface area contributed by atoms with Crippen LogP contribution in [0, 0.1) is 0 Å². The number of aromatic nitrogens is 1. The van der Waals surface area contributed by atoms with Crippen LogP contribution in [0.15, 0.2) is 29.4 Å². The van der Waals surface area contributed by atoms with Gasteiger partial charge in [0.05, 0.1) is 11.4 Å². The molecule has 23 heavy (non-hydrogen) atoms. The molecule has 0 fully saturated rings. The number of carboxylic acid groups (broad SMARTS) is 1. The van der Waals surface area contributed by atoms with Crippen molar-refractivity contribution in [3.05, 3.63) is 55.7 Å². The smallest absolute Gasteiger partial charge is 0.356 e. The highest BCUT2D eigenvalue weighted by Gasteiger charge is 2.20. The molecule has 0 aliphatic heterocycles. The van der Waals surface area contributed by atoms with Crippen LogP contribution in [0.5, 0.6) is 0 Å². The molecule has 5 nitrogen and oxygen atoms in total. The summed E-state index contributed by atoms with van der Waals surface area (Å²) < 4.78 is 0. The molecule has 0 spiro atoms. The largest absolute Gasteiger partial charge is 0.476 e. The number of halogens is 4. The van der Waals surface area contributed by atoms with Crippen molar-refractivity contribution in [1.82, 2.24) is 4.98 Å². The normalized spacial score (nSPS) is 11.4. The van der Waals surface area contributed by atoms with Gasteiger partial charge in [0.2, 0.25) is 0 Å². The average molecular weight is 393 g/mol. The van der Waals surface area contributed by atoms with Gasteiger partial charge in [-0.2, -0.15) is 5.10 Å². The van der Waals surface area contributed by atoms with Gasteiger partial charge in [-0.05, 0) is 24.6 Å². The van der Waals surface area contributed by atoms with E-state index in [2.05, 4.69) is 15.5 Å². The Labute approximate surface area is 151 Å². The summed E-state index contributed by atoms with van der Waals surface area (Å²) in [5, 5.41) is 13.4. The fourth-order valence-electron chi connectivity index (χ4n) is 1.67. The Kier molecular flexibility index (Phi) is 5.70. The zero-order valence-electron chi connectivity index (χ0n) is 11.6. The first-order valence-corrected chi connectivity index (χ1v) is 7.66. The van der Waals surface area contributed by atoms with E-state index in [9.17, 15) is 4.79 Å². The third-order valence-electron chi connectivity index (χ3n) is 2.82. The van der Waals surface area contributed by atoms with Crippen LogP contribution >= 0.6 is 46.4 Å². The lowest BCUT2D eigenvalue weighted by Gasteiger charge is -2.10. The summed E-state index contributed by atoms with van der Waals surface area (Å²) in [6.45, 7) is 1.74. The van der Waals surface area contributed by atoms with Crippen LogP contribution in [0.1, 0.15) is 23.0 Å². The molecule has 9 heteroatoms. The Morgan fingerprint density at radius 1 is 1.22 bits per heavy atom. The number of benzene rings is 1. The van der Waals surface area contributed by atoms with Crippen molar-refractivity contribution >= 4 is 63.8 Å². The van der Waals surface area contributed by atoms with Crippen molar-refractivity contribution in [1.29, 1.82) is 0 Å². The van der Waals surface area contributed by atoms with Gasteiger partial charge in [0.15, 0.2) is 10.8 Å². The molecule has 0 saturated heterocycles. The Morgan fingerprint density at radius 2 is 1.91 bits per heavy atom. The maximum absolute atomic E-state index is 11.1. The second kappa shape index (κ2) is 7.36. The Morgan fingerprint density at radius 3 is 2.52 bits per heavy atom. The van der Waals surface area contributed by atoms with E-state index in [0.29, 0.717) is 10.7 Å². The van der Waals surface area contributed by atoms with Gasteiger partial charge in [-0.3, -0.25) is 5.43 Å². The van der Waals surface area contributed by atoms with Crippen molar-refractivity contribution in [2.24, 2.45) is 5.10 Å². The van der Waals surface area contributed by atoms with Gasteiger partial charge < -0.3 is 5.11 Å². The quantitative estimate of drug-likeness (QED) is 0.424. The van der Waals surface area contributed by atoms with Crippen LogP contribution < -0.4 is 5.43 Å². The van der Waals surface area contributed by atoms with Gasteiger partial charge in [-0.25, -0.2) is 9.78 Å². The molecule has 0 aliphatic carbocycles. The summed E-state index contributed by atoms with van der Waals surface area (Å²) in [7, 11) is 0. The molecule has 0 saturated carbocycles. The SMILES string of the molecule is C/C(=N\Nc1c(Cl)c(Cl)nc(C(=O)O)c1Cl)c1cccc(Cl)c1. The molecule has 0 atom stereocenters. The summed E-state index contributed by atoms with van der Waals surface area (Å²) in [5.41, 5.74) is 3.63. The molecule has 0 bridgehead atoms. The lowest BCUT2D eigenvalue weighted by molar-refractivity contribution is 0.0691. The summed E-state index contributed by atoms with van der Waals surface area (Å²) in [5.74, 6) is -1.33. The molecule has 0 amide bonds. The lowest BCUT2D eigenvalue weighted by atomic mass is 10.1. The minimum Gasteiger partial charge on any atom is -0.476 e. The maximum Gasteiger partial charge on any atom is 0.356 e. The third-order valence-corrected chi connectivity index (χ3v) is 4.16. The number of carboxylic acids is 1. The van der Waals surface area contributed by atoms with Crippen molar-refractivity contribution in [2.75, 3.05) is 5.43 Å². The average Bonchev–Trinajstić information content (AvgIpc) is 2.50. The van der Waals surface area contributed by atoms with Crippen molar-refractivity contribution in [3.8, 4) is 0 Å². The maximum atomic E-state index is 11.1. The predicted molar refractivity (Wildman–Crippen MR) is 93.5 cm³/mol. The number of hydrogen-bond donors (Lipinski definition) is 2. The van der Waals surface area contributed by atoms with Gasteiger partial charge in [-0.15, -0.1) is 0 Å². The van der Waals surface area contributed by atoms with E-state index in [1.165, 1.54) is 0 Å². The molecule has 0 radical (unpaired) electrons. The number of carbonyl (C=O) groups is 1. The molecule has 1 heterocycles. The van der Waals surface area contributed by atoms with E-state index < -0.39 is 11.7 Å². The first kappa shape index (κ1) is 17.8. The molecule has 0 unspecified atom stereocenters. The van der Waals surface area contributed by atoms with E-state index in [4.69, 9.17) is 51.5 Å². The minimum atomic E-state index is -1.33. The third kappa shape index (κ3) is 4.06. The first-order chi connectivity index (χ1) is 10.8. The summed E-state index contributed by atoms with van der Waals surface area (Å²) in [4.78, 5) is 14.7. The number of aromatic carboxylic acids is 1. The molecule has 1 aromatic heterocycles. The van der Waals surface area contributed by atoms with Crippen molar-refractivity contribution in [3.63, 3.8) is 0 Å². The van der Waals surface area contributed by atoms with Crippen LogP contribution in [-0.2, 0) is 0 Å². The number of nitrogens with zero attached hydrogens (tertiary/aromatic N) is 2. The molecule has 2 rings (SSSR count). The fourth-order valence-corrected chi connectivity index (χ4v) is 2.53. The van der Waals surface area contributed by atoms with E-state index in [1.807, 2.05) is 6.07 Å².